The van der Waals surface area contributed by atoms with Crippen molar-refractivity contribution in [3.8, 4) is 0 Å². The van der Waals surface area contributed by atoms with E-state index in [1.54, 1.807) is 0 Å². The van der Waals surface area contributed by atoms with Crippen LogP contribution in [0.2, 0.25) is 0 Å². The largest absolute Gasteiger partial charge is 0.466 e. The number of rotatable bonds is 21. The molecule has 0 radical (unpaired) electrons. The van der Waals surface area contributed by atoms with E-state index < -0.39 is 0 Å². The molecule has 1 aromatic heterocycles. The molecule has 0 unspecified atom stereocenters. The molecule has 1 rings (SSSR count). The van der Waals surface area contributed by atoms with E-state index in [2.05, 4.69) is 18.4 Å². The number of hydrogen-bond donors (Lipinski definition) is 0. The summed E-state index contributed by atoms with van der Waals surface area (Å²) in [6, 6.07) is 0. The molecule has 0 atom stereocenters. The summed E-state index contributed by atoms with van der Waals surface area (Å²) in [7, 11) is 0. The van der Waals surface area contributed by atoms with E-state index in [4.69, 9.17) is 4.74 Å². The van der Waals surface area contributed by atoms with Crippen LogP contribution in [0.3, 0.4) is 0 Å². The Bertz CT molecular complexity index is 704. The summed E-state index contributed by atoms with van der Waals surface area (Å²) in [5.41, 5.74) is 3.70. The zero-order valence-corrected chi connectivity index (χ0v) is 23.1. The molecule has 0 bridgehead atoms. The zero-order valence-electron chi connectivity index (χ0n) is 23.1. The molecule has 196 valence electrons. The Morgan fingerprint density at radius 2 is 1.18 bits per heavy atom. The van der Waals surface area contributed by atoms with Crippen molar-refractivity contribution in [2.45, 2.75) is 150 Å². The van der Waals surface area contributed by atoms with Crippen molar-refractivity contribution in [1.82, 2.24) is 4.57 Å². The summed E-state index contributed by atoms with van der Waals surface area (Å²) in [5, 5.41) is 0. The Morgan fingerprint density at radius 3 is 1.62 bits per heavy atom. The van der Waals surface area contributed by atoms with Crippen molar-refractivity contribution < 1.29 is 14.3 Å². The van der Waals surface area contributed by atoms with Crippen LogP contribution in [0.15, 0.2) is 0 Å². The second-order valence-electron chi connectivity index (χ2n) is 9.88. The lowest BCUT2D eigenvalue weighted by Crippen LogP contribution is -2.12. The number of nitrogens with zero attached hydrogens (tertiary/aromatic N) is 1. The van der Waals surface area contributed by atoms with Gasteiger partial charge in [-0.25, -0.2) is 0 Å². The molecule has 1 heterocycles. The lowest BCUT2D eigenvalue weighted by atomic mass is 9.99. The molecular weight excluding hydrogens is 422 g/mol. The van der Waals surface area contributed by atoms with Gasteiger partial charge in [0, 0.05) is 29.9 Å². The van der Waals surface area contributed by atoms with E-state index in [0.29, 0.717) is 13.0 Å². The third-order valence-electron chi connectivity index (χ3n) is 7.12. The van der Waals surface area contributed by atoms with Gasteiger partial charge >= 0.3 is 5.97 Å². The van der Waals surface area contributed by atoms with Crippen LogP contribution in [0.4, 0.5) is 0 Å². The second kappa shape index (κ2) is 18.7. The van der Waals surface area contributed by atoms with Crippen LogP contribution in [-0.2, 0) is 22.5 Å². The van der Waals surface area contributed by atoms with Crippen molar-refractivity contribution in [1.29, 1.82) is 0 Å². The number of esters is 1. The molecule has 0 saturated carbocycles. The lowest BCUT2D eigenvalue weighted by Gasteiger charge is -2.09. The predicted molar refractivity (Wildman–Crippen MR) is 144 cm³/mol. The topological polar surface area (TPSA) is 48.3 Å². The van der Waals surface area contributed by atoms with Crippen LogP contribution >= 0.6 is 0 Å². The zero-order chi connectivity index (χ0) is 25.2. The van der Waals surface area contributed by atoms with Gasteiger partial charge < -0.3 is 9.30 Å². The second-order valence-corrected chi connectivity index (χ2v) is 9.88. The molecule has 4 nitrogen and oxygen atoms in total. The molecule has 34 heavy (non-hydrogen) atoms. The summed E-state index contributed by atoms with van der Waals surface area (Å²) in [4.78, 5) is 25.0. The normalized spacial score (nSPS) is 11.2. The molecular formula is C30H53NO3. The van der Waals surface area contributed by atoms with E-state index in [1.165, 1.54) is 83.5 Å². The summed E-state index contributed by atoms with van der Waals surface area (Å²) in [5.74, 6) is 0.00112. The number of hydrogen-bond acceptors (Lipinski definition) is 3. The van der Waals surface area contributed by atoms with Crippen LogP contribution < -0.4 is 0 Å². The van der Waals surface area contributed by atoms with Crippen molar-refractivity contribution in [2.75, 3.05) is 6.61 Å². The van der Waals surface area contributed by atoms with Crippen molar-refractivity contribution in [3.63, 3.8) is 0 Å². The molecule has 0 saturated heterocycles. The van der Waals surface area contributed by atoms with Crippen LogP contribution in [0.25, 0.3) is 0 Å². The minimum absolute atomic E-state index is 0.223. The van der Waals surface area contributed by atoms with Gasteiger partial charge in [0.05, 0.1) is 13.0 Å². The molecule has 0 amide bonds. The van der Waals surface area contributed by atoms with Crippen molar-refractivity contribution in [3.05, 3.63) is 22.5 Å². The summed E-state index contributed by atoms with van der Waals surface area (Å²) >= 11 is 0. The van der Waals surface area contributed by atoms with Gasteiger partial charge in [-0.1, -0.05) is 96.8 Å². The van der Waals surface area contributed by atoms with Crippen LogP contribution in [0.5, 0.6) is 0 Å². The highest BCUT2D eigenvalue weighted by atomic mass is 16.5. The Labute approximate surface area is 210 Å². The predicted octanol–water partition coefficient (Wildman–Crippen LogP) is 8.67. The average Bonchev–Trinajstić information content (AvgIpc) is 3.04. The number of Topliss-reactive ketones (excluding diaryl/α,β-unsaturated/α-hetero) is 1. The smallest absolute Gasteiger partial charge is 0.311 e. The van der Waals surface area contributed by atoms with Gasteiger partial charge in [0.15, 0.2) is 5.78 Å². The van der Waals surface area contributed by atoms with Crippen molar-refractivity contribution >= 4 is 11.8 Å². The van der Waals surface area contributed by atoms with E-state index in [0.717, 1.165) is 41.9 Å². The quantitative estimate of drug-likeness (QED) is 0.101. The highest BCUT2D eigenvalue weighted by Crippen LogP contribution is 2.25. The third kappa shape index (κ3) is 11.2. The highest BCUT2D eigenvalue weighted by Gasteiger charge is 2.23. The van der Waals surface area contributed by atoms with Gasteiger partial charge in [-0.2, -0.15) is 0 Å². The first-order valence-corrected chi connectivity index (χ1v) is 14.3. The maximum Gasteiger partial charge on any atom is 0.311 e. The van der Waals surface area contributed by atoms with Crippen LogP contribution in [0, 0.1) is 13.8 Å². The van der Waals surface area contributed by atoms with Gasteiger partial charge in [-0.15, -0.1) is 0 Å². The summed E-state index contributed by atoms with van der Waals surface area (Å²) < 4.78 is 7.24. The highest BCUT2D eigenvalue weighted by molar-refractivity contribution is 5.99. The van der Waals surface area contributed by atoms with Crippen LogP contribution in [-0.4, -0.2) is 22.9 Å². The fourth-order valence-corrected chi connectivity index (χ4v) is 5.15. The SMILES string of the molecule is CCCCCCCCCCCCCCCCCC(=O)c1c(C)c(CC(=O)OCC)n(CC)c1C. The molecule has 1 aromatic rings. The molecule has 0 aromatic carbocycles. The molecule has 4 heteroatoms. The lowest BCUT2D eigenvalue weighted by molar-refractivity contribution is -0.142. The standard InChI is InChI=1S/C30H53NO3/c1-6-9-10-11-12-13-14-15-16-17-18-19-20-21-22-23-28(32)30-25(4)27(24-29(33)34-8-3)31(7-2)26(30)5/h6-24H2,1-5H3. The maximum absolute atomic E-state index is 13.0. The fraction of sp³-hybridized carbons (Fsp3) is 0.800. The van der Waals surface area contributed by atoms with Gasteiger partial charge in [0.25, 0.3) is 0 Å². The summed E-state index contributed by atoms with van der Waals surface area (Å²) in [6.07, 6.45) is 20.8. The molecule has 0 aliphatic heterocycles. The minimum atomic E-state index is -0.223. The van der Waals surface area contributed by atoms with Gasteiger partial charge in [-0.3, -0.25) is 9.59 Å². The van der Waals surface area contributed by atoms with E-state index in [1.807, 2.05) is 20.8 Å². The number of carbonyl (C=O) groups is 2. The fourth-order valence-electron chi connectivity index (χ4n) is 5.15. The molecule has 0 fully saturated rings. The minimum Gasteiger partial charge on any atom is -0.466 e. The Hall–Kier alpha value is -1.58. The first-order chi connectivity index (χ1) is 16.5. The first kappa shape index (κ1) is 30.5. The number of carbonyl (C=O) groups excluding carboxylic acids is 2. The van der Waals surface area contributed by atoms with Gasteiger partial charge in [0.1, 0.15) is 0 Å². The van der Waals surface area contributed by atoms with Crippen LogP contribution in [0.1, 0.15) is 151 Å². The van der Waals surface area contributed by atoms with E-state index in [9.17, 15) is 9.59 Å². The monoisotopic (exact) mass is 475 g/mol. The van der Waals surface area contributed by atoms with E-state index >= 15 is 0 Å². The molecule has 0 N–H and O–H groups in total. The number of unbranched alkanes of at least 4 members (excludes halogenated alkanes) is 14. The molecule has 0 aliphatic carbocycles. The number of ketones is 1. The van der Waals surface area contributed by atoms with Crippen molar-refractivity contribution in [2.24, 2.45) is 0 Å². The van der Waals surface area contributed by atoms with E-state index in [-0.39, 0.29) is 18.2 Å². The molecule has 0 spiro atoms. The number of aromatic nitrogens is 1. The first-order valence-electron chi connectivity index (χ1n) is 14.3. The summed E-state index contributed by atoms with van der Waals surface area (Å²) in [6.45, 7) is 11.3. The Kier molecular flexibility index (Phi) is 16.8. The molecule has 0 aliphatic rings. The number of ether oxygens (including phenoxy) is 1. The van der Waals surface area contributed by atoms with Gasteiger partial charge in [0.2, 0.25) is 0 Å². The average molecular weight is 476 g/mol. The third-order valence-corrected chi connectivity index (χ3v) is 7.12. The maximum atomic E-state index is 13.0. The Balaban J connectivity index is 2.23. The Morgan fingerprint density at radius 1 is 0.706 bits per heavy atom. The van der Waals surface area contributed by atoms with Gasteiger partial charge in [-0.05, 0) is 39.7 Å².